The van der Waals surface area contributed by atoms with Gasteiger partial charge >= 0.3 is 0 Å². The summed E-state index contributed by atoms with van der Waals surface area (Å²) in [4.78, 5) is 0. The van der Waals surface area contributed by atoms with E-state index in [9.17, 15) is 0 Å². The Morgan fingerprint density at radius 3 is 0.845 bits per heavy atom. The van der Waals surface area contributed by atoms with Crippen molar-refractivity contribution in [1.82, 2.24) is 9.13 Å². The van der Waals surface area contributed by atoms with Gasteiger partial charge in [-0.25, -0.2) is 0 Å². The maximum atomic E-state index is 6.60. The molecule has 0 radical (unpaired) electrons. The van der Waals surface area contributed by atoms with Crippen LogP contribution in [0.4, 0.5) is 0 Å². The lowest BCUT2D eigenvalue weighted by Gasteiger charge is -2.24. The van der Waals surface area contributed by atoms with Crippen molar-refractivity contribution in [3.63, 3.8) is 0 Å². The molecule has 0 saturated heterocycles. The largest absolute Gasteiger partial charge is 0.456 e. The van der Waals surface area contributed by atoms with Crippen LogP contribution in [0.2, 0.25) is 13.1 Å². The predicted octanol–water partition coefficient (Wildman–Crippen LogP) is 17.7. The highest BCUT2D eigenvalue weighted by Gasteiger charge is 2.29. The molecule has 4 nitrogen and oxygen atoms in total. The standard InChI is InChI=1S/C66H66N2O2Si/c1-63(2,3)39-15-23-55-47(31-39)48-32-40(64(4,5)6)16-24-56(48)67(55)43-19-27-59-51(35-43)53-37-45(21-29-61(53)69-59)71(13,14)46-22-30-62-54(38-46)52-36-44(20-28-60(52)70-62)68-57-25-17-41(65(7,8)9)33-49(57)50-34-42(66(10,11)12)18-26-58(50)68/h15-38H,1-14H3. The zero-order valence-electron chi connectivity index (χ0n) is 44.1. The molecule has 8 aromatic carbocycles. The lowest BCUT2D eigenvalue weighted by molar-refractivity contribution is 0.590. The molecular formula is C66H66N2O2Si. The van der Waals surface area contributed by atoms with Gasteiger partial charge in [0.15, 0.2) is 0 Å². The quantitative estimate of drug-likeness (QED) is 0.165. The van der Waals surface area contributed by atoms with E-state index in [0.29, 0.717) is 0 Å². The highest BCUT2D eigenvalue weighted by molar-refractivity contribution is 7.00. The number of hydrogen-bond donors (Lipinski definition) is 0. The molecule has 0 N–H and O–H groups in total. The van der Waals surface area contributed by atoms with Crippen molar-refractivity contribution in [3.05, 3.63) is 168 Å². The van der Waals surface area contributed by atoms with Gasteiger partial charge in [0.25, 0.3) is 0 Å². The Bertz CT molecular complexity index is 3760. The summed E-state index contributed by atoms with van der Waals surface area (Å²) < 4.78 is 18.1. The lowest BCUT2D eigenvalue weighted by Crippen LogP contribution is -2.52. The third-order valence-corrected chi connectivity index (χ3v) is 19.4. The van der Waals surface area contributed by atoms with E-state index >= 15 is 0 Å². The molecule has 0 fully saturated rings. The summed E-state index contributed by atoms with van der Waals surface area (Å²) in [6.45, 7) is 32.6. The van der Waals surface area contributed by atoms with Crippen molar-refractivity contribution in [3.8, 4) is 11.4 Å². The lowest BCUT2D eigenvalue weighted by atomic mass is 9.85. The molecule has 0 bridgehead atoms. The Kier molecular flexibility index (Phi) is 9.64. The van der Waals surface area contributed by atoms with Crippen LogP contribution in [-0.2, 0) is 21.7 Å². The minimum Gasteiger partial charge on any atom is -0.456 e. The Morgan fingerprint density at radius 2 is 0.563 bits per heavy atom. The van der Waals surface area contributed by atoms with Crippen LogP contribution >= 0.6 is 0 Å². The molecule has 4 heterocycles. The van der Waals surface area contributed by atoms with E-state index < -0.39 is 8.07 Å². The summed E-state index contributed by atoms with van der Waals surface area (Å²) in [5, 5.41) is 12.5. The van der Waals surface area contributed by atoms with Crippen LogP contribution in [0.3, 0.4) is 0 Å². The molecular weight excluding hydrogens is 881 g/mol. The van der Waals surface area contributed by atoms with E-state index in [-0.39, 0.29) is 21.7 Å². The third-order valence-electron chi connectivity index (χ3n) is 15.9. The van der Waals surface area contributed by atoms with Gasteiger partial charge in [-0.05, 0) is 141 Å². The van der Waals surface area contributed by atoms with Gasteiger partial charge in [-0.1, -0.05) is 155 Å². The summed E-state index contributed by atoms with van der Waals surface area (Å²) in [6.07, 6.45) is 0. The second kappa shape index (κ2) is 15.1. The number of aromatic nitrogens is 2. The van der Waals surface area contributed by atoms with Crippen LogP contribution in [0.25, 0.3) is 98.9 Å². The molecule has 0 amide bonds. The number of hydrogen-bond acceptors (Lipinski definition) is 2. The van der Waals surface area contributed by atoms with Crippen molar-refractivity contribution in [1.29, 1.82) is 0 Å². The highest BCUT2D eigenvalue weighted by atomic mass is 28.3. The van der Waals surface area contributed by atoms with Gasteiger partial charge < -0.3 is 18.0 Å². The minimum absolute atomic E-state index is 0.0398. The van der Waals surface area contributed by atoms with Gasteiger partial charge in [-0.3, -0.25) is 0 Å². The third kappa shape index (κ3) is 7.20. The molecule has 5 heteroatoms. The minimum atomic E-state index is -2.27. The number of rotatable bonds is 4. The molecule has 0 saturated carbocycles. The van der Waals surface area contributed by atoms with Crippen molar-refractivity contribution in [2.24, 2.45) is 0 Å². The molecule has 0 atom stereocenters. The van der Waals surface area contributed by atoms with Gasteiger partial charge in [0.2, 0.25) is 0 Å². The number of benzene rings is 8. The van der Waals surface area contributed by atoms with E-state index in [1.165, 1.54) is 76.2 Å². The first-order chi connectivity index (χ1) is 33.4. The van der Waals surface area contributed by atoms with E-state index in [1.54, 1.807) is 0 Å². The Balaban J connectivity index is 0.969. The summed E-state index contributed by atoms with van der Waals surface area (Å²) in [5.41, 5.74) is 16.3. The number of furan rings is 2. The van der Waals surface area contributed by atoms with Crippen molar-refractivity contribution in [2.45, 2.75) is 118 Å². The summed E-state index contributed by atoms with van der Waals surface area (Å²) in [5.74, 6) is 0. The van der Waals surface area contributed by atoms with Crippen LogP contribution in [0.15, 0.2) is 154 Å². The van der Waals surface area contributed by atoms with Gasteiger partial charge in [0.1, 0.15) is 30.4 Å². The first-order valence-electron chi connectivity index (χ1n) is 25.6. The van der Waals surface area contributed by atoms with Crippen molar-refractivity contribution >= 4 is 106 Å². The summed E-state index contributed by atoms with van der Waals surface area (Å²) in [7, 11) is -2.27. The van der Waals surface area contributed by atoms with E-state index in [2.05, 4.69) is 251 Å². The molecule has 12 aromatic rings. The fourth-order valence-electron chi connectivity index (χ4n) is 11.2. The smallest absolute Gasteiger partial charge is 0.135 e. The molecule has 0 aliphatic heterocycles. The van der Waals surface area contributed by atoms with Crippen molar-refractivity contribution < 1.29 is 8.83 Å². The van der Waals surface area contributed by atoms with E-state index in [4.69, 9.17) is 8.83 Å². The summed E-state index contributed by atoms with van der Waals surface area (Å²) in [6, 6.07) is 55.5. The topological polar surface area (TPSA) is 36.1 Å². The van der Waals surface area contributed by atoms with E-state index in [1.807, 2.05) is 0 Å². The Morgan fingerprint density at radius 1 is 0.296 bits per heavy atom. The molecule has 71 heavy (non-hydrogen) atoms. The normalized spacial score (nSPS) is 13.5. The van der Waals surface area contributed by atoms with Crippen LogP contribution in [0, 0.1) is 0 Å². The van der Waals surface area contributed by atoms with Crippen LogP contribution in [-0.4, -0.2) is 17.2 Å². The molecule has 4 aromatic heterocycles. The first-order valence-corrected chi connectivity index (χ1v) is 28.6. The fourth-order valence-corrected chi connectivity index (χ4v) is 13.6. The Labute approximate surface area is 418 Å². The second-order valence-corrected chi connectivity index (χ2v) is 29.6. The SMILES string of the molecule is CC(C)(C)c1ccc2c(c1)c1cc(C(C)(C)C)ccc1n2-c1ccc2oc3ccc([Si](C)(C)c4ccc5oc6ccc(-n7c8ccc(C(C)(C)C)cc8c8cc(C(C)(C)C)ccc87)cc6c5c4)cc3c2c1. The average Bonchev–Trinajstić information content (AvgIpc) is 4.06. The monoisotopic (exact) mass is 946 g/mol. The molecule has 0 unspecified atom stereocenters. The zero-order valence-corrected chi connectivity index (χ0v) is 45.1. The van der Waals surface area contributed by atoms with Gasteiger partial charge in [-0.2, -0.15) is 0 Å². The van der Waals surface area contributed by atoms with E-state index in [0.717, 1.165) is 55.3 Å². The van der Waals surface area contributed by atoms with Crippen molar-refractivity contribution in [2.75, 3.05) is 0 Å². The van der Waals surface area contributed by atoms with Gasteiger partial charge in [0.05, 0.1) is 22.1 Å². The Hall–Kier alpha value is -6.82. The maximum Gasteiger partial charge on any atom is 0.135 e. The maximum absolute atomic E-state index is 6.60. The van der Waals surface area contributed by atoms with Crippen LogP contribution < -0.4 is 10.4 Å². The number of nitrogens with zero attached hydrogens (tertiary/aromatic N) is 2. The fraction of sp³-hybridized carbons (Fsp3) is 0.273. The molecule has 0 aliphatic rings. The van der Waals surface area contributed by atoms with Gasteiger partial charge in [0, 0.05) is 54.5 Å². The van der Waals surface area contributed by atoms with Crippen LogP contribution in [0.1, 0.15) is 105 Å². The molecule has 12 rings (SSSR count). The molecule has 356 valence electrons. The zero-order chi connectivity index (χ0) is 49.9. The average molecular weight is 947 g/mol. The van der Waals surface area contributed by atoms with Gasteiger partial charge in [-0.15, -0.1) is 0 Å². The number of fused-ring (bicyclic) bond motifs is 12. The molecule has 0 aliphatic carbocycles. The molecule has 0 spiro atoms. The predicted molar refractivity (Wildman–Crippen MR) is 308 cm³/mol. The first kappa shape index (κ1) is 45.3. The summed E-state index contributed by atoms with van der Waals surface area (Å²) >= 11 is 0. The highest BCUT2D eigenvalue weighted by Crippen LogP contribution is 2.42. The van der Waals surface area contributed by atoms with Crippen LogP contribution in [0.5, 0.6) is 0 Å². The second-order valence-electron chi connectivity index (χ2n) is 25.2.